The Hall–Kier alpha value is -3.65. The molecule has 2 heterocycles. The molecule has 3 aromatic rings. The molecular weight excluding hydrogens is 448 g/mol. The quantitative estimate of drug-likeness (QED) is 0.429. The van der Waals surface area contributed by atoms with Crippen molar-refractivity contribution < 1.29 is 14.3 Å². The molecule has 1 N–H and O–H groups in total. The summed E-state index contributed by atoms with van der Waals surface area (Å²) in [6.45, 7) is 2.21. The van der Waals surface area contributed by atoms with E-state index in [4.69, 9.17) is 21.7 Å². The summed E-state index contributed by atoms with van der Waals surface area (Å²) in [4.78, 5) is 14.6. The number of ether oxygens (including phenoxy) is 2. The second-order valence-electron chi connectivity index (χ2n) is 8.55. The van der Waals surface area contributed by atoms with Gasteiger partial charge in [0.1, 0.15) is 23.8 Å². The van der Waals surface area contributed by atoms with Gasteiger partial charge in [0.2, 0.25) is 0 Å². The summed E-state index contributed by atoms with van der Waals surface area (Å²) in [7, 11) is 3.45. The highest BCUT2D eigenvalue weighted by molar-refractivity contribution is 7.80. The molecule has 0 radical (unpaired) electrons. The summed E-state index contributed by atoms with van der Waals surface area (Å²) in [6, 6.07) is 12.1. The van der Waals surface area contributed by atoms with Gasteiger partial charge in [0.05, 0.1) is 18.5 Å². The Kier molecular flexibility index (Phi) is 5.83. The smallest absolute Gasteiger partial charge is 0.281 e. The number of benzene rings is 2. The van der Waals surface area contributed by atoms with E-state index in [1.807, 2.05) is 38.2 Å². The van der Waals surface area contributed by atoms with E-state index in [1.165, 1.54) is 22.4 Å². The van der Waals surface area contributed by atoms with E-state index in [9.17, 15) is 4.79 Å². The van der Waals surface area contributed by atoms with Crippen molar-refractivity contribution in [1.82, 2.24) is 15.1 Å². The maximum Gasteiger partial charge on any atom is 0.281 e. The number of nitrogens with one attached hydrogen (secondary N) is 1. The number of fused-ring (bicyclic) bond motifs is 1. The van der Waals surface area contributed by atoms with E-state index in [2.05, 4.69) is 22.5 Å². The molecular formula is C26H26N4O3S. The molecule has 7 nitrogen and oxygen atoms in total. The summed E-state index contributed by atoms with van der Waals surface area (Å²) < 4.78 is 13.3. The van der Waals surface area contributed by atoms with Gasteiger partial charge in [-0.05, 0) is 85.4 Å². The third-order valence-electron chi connectivity index (χ3n) is 6.19. The van der Waals surface area contributed by atoms with Crippen LogP contribution in [-0.4, -0.2) is 27.9 Å². The summed E-state index contributed by atoms with van der Waals surface area (Å²) in [5.74, 6) is 1.37. The predicted molar refractivity (Wildman–Crippen MR) is 135 cm³/mol. The normalized spacial score (nSPS) is 16.2. The minimum absolute atomic E-state index is 0.215. The molecule has 1 aromatic heterocycles. The van der Waals surface area contributed by atoms with Crippen molar-refractivity contribution in [3.05, 3.63) is 76.2 Å². The van der Waals surface area contributed by atoms with Crippen molar-refractivity contribution in [2.24, 2.45) is 7.05 Å². The number of hydrogen-bond acceptors (Lipinski definition) is 5. The monoisotopic (exact) mass is 474 g/mol. The van der Waals surface area contributed by atoms with E-state index in [1.54, 1.807) is 24.1 Å². The van der Waals surface area contributed by atoms with Crippen LogP contribution in [0.5, 0.6) is 11.5 Å². The van der Waals surface area contributed by atoms with E-state index < -0.39 is 0 Å². The number of nitrogens with zero attached hydrogens (tertiary/aromatic N) is 3. The zero-order valence-corrected chi connectivity index (χ0v) is 20.2. The Morgan fingerprint density at radius 1 is 1.18 bits per heavy atom. The van der Waals surface area contributed by atoms with Crippen molar-refractivity contribution >= 4 is 35.0 Å². The van der Waals surface area contributed by atoms with Gasteiger partial charge in [-0.25, -0.2) is 4.90 Å². The molecule has 0 saturated carbocycles. The van der Waals surface area contributed by atoms with Crippen LogP contribution in [0.4, 0.5) is 5.69 Å². The fraction of sp³-hybridized carbons (Fsp3) is 0.269. The fourth-order valence-electron chi connectivity index (χ4n) is 4.53. The highest BCUT2D eigenvalue weighted by atomic mass is 32.1. The SMILES string of the molecule is COc1ccc(/C=C2/NC(=S)N(c3cn(C)nc3C)C2=O)cc1COc1ccc2c(c1)CCC2. The Bertz CT molecular complexity index is 1330. The van der Waals surface area contributed by atoms with Crippen LogP contribution >= 0.6 is 12.2 Å². The zero-order valence-electron chi connectivity index (χ0n) is 19.4. The topological polar surface area (TPSA) is 68.6 Å². The number of amides is 1. The van der Waals surface area contributed by atoms with Gasteiger partial charge in [0.25, 0.3) is 5.91 Å². The van der Waals surface area contributed by atoms with Gasteiger partial charge in [-0.2, -0.15) is 5.10 Å². The molecule has 0 atom stereocenters. The Morgan fingerprint density at radius 3 is 2.76 bits per heavy atom. The number of carbonyl (C=O) groups is 1. The van der Waals surface area contributed by atoms with Crippen LogP contribution in [0, 0.1) is 6.92 Å². The molecule has 0 unspecified atom stereocenters. The molecule has 1 aliphatic heterocycles. The van der Waals surface area contributed by atoms with Gasteiger partial charge >= 0.3 is 0 Å². The third-order valence-corrected chi connectivity index (χ3v) is 6.47. The molecule has 0 spiro atoms. The zero-order chi connectivity index (χ0) is 23.8. The van der Waals surface area contributed by atoms with E-state index >= 15 is 0 Å². The van der Waals surface area contributed by atoms with Crippen molar-refractivity contribution in [3.8, 4) is 11.5 Å². The lowest BCUT2D eigenvalue weighted by Crippen LogP contribution is -2.30. The number of anilines is 1. The molecule has 1 saturated heterocycles. The van der Waals surface area contributed by atoms with Gasteiger partial charge in [0.15, 0.2) is 5.11 Å². The van der Waals surface area contributed by atoms with E-state index in [0.29, 0.717) is 23.1 Å². The second kappa shape index (κ2) is 8.95. The molecule has 1 aliphatic carbocycles. The number of rotatable bonds is 6. The second-order valence-corrected chi connectivity index (χ2v) is 8.93. The first kappa shape index (κ1) is 22.2. The first-order valence-corrected chi connectivity index (χ1v) is 11.6. The molecule has 2 aromatic carbocycles. The number of aromatic nitrogens is 2. The Labute approximate surface area is 204 Å². The standard InChI is InChI=1S/C26H26N4O3S/c1-16-23(14-29(2)28-16)30-25(31)22(27-26(30)34)12-17-7-10-24(32-3)20(11-17)15-33-21-9-8-18-5-4-6-19(18)13-21/h7-14H,4-6,15H2,1-3H3,(H,27,34)/b22-12+. The Morgan fingerprint density at radius 2 is 2.00 bits per heavy atom. The summed E-state index contributed by atoms with van der Waals surface area (Å²) in [5.41, 5.74) is 6.34. The van der Waals surface area contributed by atoms with Crippen LogP contribution in [0.2, 0.25) is 0 Å². The van der Waals surface area contributed by atoms with Crippen LogP contribution in [0.15, 0.2) is 48.3 Å². The number of methoxy groups -OCH3 is 1. The molecule has 34 heavy (non-hydrogen) atoms. The minimum atomic E-state index is -0.215. The first-order valence-electron chi connectivity index (χ1n) is 11.2. The third kappa shape index (κ3) is 4.17. The van der Waals surface area contributed by atoms with E-state index in [0.717, 1.165) is 41.2 Å². The molecule has 1 amide bonds. The number of thiocarbonyl (C=S) groups is 1. The van der Waals surface area contributed by atoms with E-state index in [-0.39, 0.29) is 5.91 Å². The lowest BCUT2D eigenvalue weighted by Gasteiger charge is -2.12. The number of hydrogen-bond donors (Lipinski definition) is 1. The molecule has 0 bridgehead atoms. The lowest BCUT2D eigenvalue weighted by atomic mass is 10.1. The minimum Gasteiger partial charge on any atom is -0.496 e. The molecule has 174 valence electrons. The van der Waals surface area contributed by atoms with Gasteiger partial charge in [0, 0.05) is 18.8 Å². The molecule has 5 rings (SSSR count). The lowest BCUT2D eigenvalue weighted by molar-refractivity contribution is -0.113. The average molecular weight is 475 g/mol. The number of carbonyl (C=O) groups excluding carboxylic acids is 1. The Balaban J connectivity index is 1.37. The van der Waals surface area contributed by atoms with Crippen LogP contribution < -0.4 is 19.7 Å². The van der Waals surface area contributed by atoms with Crippen molar-refractivity contribution in [2.75, 3.05) is 12.0 Å². The van der Waals surface area contributed by atoms with Crippen molar-refractivity contribution in [2.45, 2.75) is 32.8 Å². The molecule has 2 aliphatic rings. The van der Waals surface area contributed by atoms with Gasteiger partial charge in [-0.15, -0.1) is 0 Å². The number of aryl methyl sites for hydroxylation is 4. The van der Waals surface area contributed by atoms with Crippen molar-refractivity contribution in [3.63, 3.8) is 0 Å². The maximum absolute atomic E-state index is 13.1. The van der Waals surface area contributed by atoms with Crippen molar-refractivity contribution in [1.29, 1.82) is 0 Å². The highest BCUT2D eigenvalue weighted by Crippen LogP contribution is 2.29. The summed E-state index contributed by atoms with van der Waals surface area (Å²) in [5, 5.41) is 7.69. The summed E-state index contributed by atoms with van der Waals surface area (Å²) >= 11 is 5.43. The van der Waals surface area contributed by atoms with Gasteiger partial charge in [-0.1, -0.05) is 12.1 Å². The van der Waals surface area contributed by atoms with Crippen LogP contribution in [-0.2, 0) is 31.3 Å². The molecule has 8 heteroatoms. The largest absolute Gasteiger partial charge is 0.496 e. The maximum atomic E-state index is 13.1. The van der Waals surface area contributed by atoms with Crippen LogP contribution in [0.3, 0.4) is 0 Å². The highest BCUT2D eigenvalue weighted by Gasteiger charge is 2.33. The fourth-order valence-corrected chi connectivity index (χ4v) is 4.82. The molecule has 1 fully saturated rings. The predicted octanol–water partition coefficient (Wildman–Crippen LogP) is 4.07. The average Bonchev–Trinajstić information content (AvgIpc) is 3.49. The van der Waals surface area contributed by atoms with Crippen LogP contribution in [0.1, 0.15) is 34.4 Å². The summed E-state index contributed by atoms with van der Waals surface area (Å²) in [6.07, 6.45) is 7.04. The van der Waals surface area contributed by atoms with Gasteiger partial charge < -0.3 is 14.8 Å². The van der Waals surface area contributed by atoms with Crippen LogP contribution in [0.25, 0.3) is 6.08 Å². The first-order chi connectivity index (χ1) is 16.4. The van der Waals surface area contributed by atoms with Gasteiger partial charge in [-0.3, -0.25) is 9.48 Å².